The van der Waals surface area contributed by atoms with E-state index < -0.39 is 0 Å². The van der Waals surface area contributed by atoms with Crippen molar-refractivity contribution in [3.05, 3.63) is 34.9 Å². The first-order valence-corrected chi connectivity index (χ1v) is 5.29. The average Bonchev–Trinajstić information content (AvgIpc) is 2.41. The molecule has 0 atom stereocenters. The van der Waals surface area contributed by atoms with Crippen molar-refractivity contribution in [2.45, 2.75) is 32.7 Å². The first-order chi connectivity index (χ1) is 6.91. The highest BCUT2D eigenvalue weighted by Crippen LogP contribution is 2.32. The Bertz CT molecular complexity index is 420. The van der Waals surface area contributed by atoms with Crippen molar-refractivity contribution in [3.8, 4) is 0 Å². The third-order valence-electron chi connectivity index (χ3n) is 2.93. The van der Waals surface area contributed by atoms with E-state index in [-0.39, 0.29) is 11.3 Å². The molecule has 2 rings (SSSR count). The highest BCUT2D eigenvalue weighted by atomic mass is 16.2. The van der Waals surface area contributed by atoms with Gasteiger partial charge in [0.05, 0.1) is 0 Å². The van der Waals surface area contributed by atoms with Crippen LogP contribution in [0.25, 0.3) is 0 Å². The van der Waals surface area contributed by atoms with Crippen LogP contribution in [0.4, 0.5) is 0 Å². The quantitative estimate of drug-likeness (QED) is 0.582. The number of rotatable bonds is 0. The summed E-state index contributed by atoms with van der Waals surface area (Å²) in [4.78, 5) is 13.8. The molecule has 0 radical (unpaired) electrons. The Morgan fingerprint density at radius 2 is 2.00 bits per heavy atom. The summed E-state index contributed by atoms with van der Waals surface area (Å²) in [5.41, 5.74) is 3.28. The number of amides is 1. The molecule has 0 aliphatic carbocycles. The van der Waals surface area contributed by atoms with Crippen LogP contribution in [0.3, 0.4) is 0 Å². The van der Waals surface area contributed by atoms with Crippen LogP contribution < -0.4 is 0 Å². The second-order valence-corrected chi connectivity index (χ2v) is 5.25. The van der Waals surface area contributed by atoms with Crippen LogP contribution in [0, 0.1) is 0 Å². The molecule has 0 fully saturated rings. The molecule has 1 aromatic carbocycles. The lowest BCUT2D eigenvalue weighted by Gasteiger charge is -2.21. The topological polar surface area (TPSA) is 20.3 Å². The second-order valence-electron chi connectivity index (χ2n) is 5.25. The van der Waals surface area contributed by atoms with Gasteiger partial charge in [0, 0.05) is 12.1 Å². The van der Waals surface area contributed by atoms with E-state index in [0.717, 1.165) is 23.2 Å². The van der Waals surface area contributed by atoms with Crippen molar-refractivity contribution in [2.24, 2.45) is 0 Å². The van der Waals surface area contributed by atoms with Crippen LogP contribution in [0.15, 0.2) is 18.2 Å². The van der Waals surface area contributed by atoms with E-state index in [9.17, 15) is 4.79 Å². The highest BCUT2D eigenvalue weighted by molar-refractivity contribution is 6.20. The van der Waals surface area contributed by atoms with Gasteiger partial charge in [0.2, 0.25) is 13.9 Å². The molecule has 2 nitrogen and oxygen atoms in total. The van der Waals surface area contributed by atoms with Crippen molar-refractivity contribution < 1.29 is 4.79 Å². The van der Waals surface area contributed by atoms with Crippen molar-refractivity contribution in [3.63, 3.8) is 0 Å². The molecule has 1 aliphatic rings. The minimum Gasteiger partial charge on any atom is -0.386 e. The molecule has 1 aromatic rings. The first-order valence-electron chi connectivity index (χ1n) is 5.29. The van der Waals surface area contributed by atoms with E-state index in [4.69, 9.17) is 0 Å². The number of carbonyl (C=O) groups excluding carboxylic acids is 1. The van der Waals surface area contributed by atoms with Crippen molar-refractivity contribution in [1.29, 1.82) is 0 Å². The van der Waals surface area contributed by atoms with E-state index >= 15 is 0 Å². The van der Waals surface area contributed by atoms with Gasteiger partial charge in [0.1, 0.15) is 0 Å². The van der Waals surface area contributed by atoms with Gasteiger partial charge in [-0.2, -0.15) is 0 Å². The normalized spacial score (nSPS) is 15.7. The largest absolute Gasteiger partial charge is 0.386 e. The zero-order chi connectivity index (χ0) is 11.2. The summed E-state index contributed by atoms with van der Waals surface area (Å²) >= 11 is 0. The standard InChI is InChI=1S/C12H16BNO/c1-12(2,3)9-6-4-5-8-7-14(13)11(15)10(8)9/h4-6H,7,13H2,1-3H3. The average molecular weight is 201 g/mol. The SMILES string of the molecule is BN1Cc2cccc(C(C)(C)C)c2C1=O. The van der Waals surface area contributed by atoms with Gasteiger partial charge in [-0.05, 0) is 16.5 Å². The molecule has 0 spiro atoms. The maximum atomic E-state index is 12.0. The van der Waals surface area contributed by atoms with E-state index in [2.05, 4.69) is 26.8 Å². The lowest BCUT2D eigenvalue weighted by atomic mass is 9.82. The van der Waals surface area contributed by atoms with Crippen LogP contribution in [-0.2, 0) is 12.0 Å². The predicted molar refractivity (Wildman–Crippen MR) is 63.6 cm³/mol. The van der Waals surface area contributed by atoms with Crippen molar-refractivity contribution >= 4 is 13.9 Å². The first kappa shape index (κ1) is 10.3. The van der Waals surface area contributed by atoms with E-state index in [1.807, 2.05) is 20.1 Å². The van der Waals surface area contributed by atoms with Crippen LogP contribution in [0.1, 0.15) is 42.3 Å². The number of fused-ring (bicyclic) bond motifs is 1. The van der Waals surface area contributed by atoms with Gasteiger partial charge in [0.15, 0.2) is 0 Å². The maximum absolute atomic E-state index is 12.0. The van der Waals surface area contributed by atoms with E-state index in [0.29, 0.717) is 0 Å². The lowest BCUT2D eigenvalue weighted by Crippen LogP contribution is -2.22. The fraction of sp³-hybridized carbons (Fsp3) is 0.417. The Morgan fingerprint density at radius 1 is 1.33 bits per heavy atom. The maximum Gasteiger partial charge on any atom is 0.242 e. The minimum absolute atomic E-state index is 0.0339. The van der Waals surface area contributed by atoms with Gasteiger partial charge >= 0.3 is 0 Å². The van der Waals surface area contributed by atoms with Gasteiger partial charge in [-0.25, -0.2) is 0 Å². The Kier molecular flexibility index (Phi) is 2.14. The third-order valence-corrected chi connectivity index (χ3v) is 2.93. The van der Waals surface area contributed by atoms with Gasteiger partial charge in [0.25, 0.3) is 0 Å². The molecule has 1 amide bonds. The van der Waals surface area contributed by atoms with E-state index in [1.165, 1.54) is 0 Å². The molecule has 0 unspecified atom stereocenters. The molecular weight excluding hydrogens is 185 g/mol. The number of hydrogen-bond donors (Lipinski definition) is 0. The molecule has 78 valence electrons. The molecule has 1 aliphatic heterocycles. The smallest absolute Gasteiger partial charge is 0.242 e. The molecule has 0 saturated carbocycles. The summed E-state index contributed by atoms with van der Waals surface area (Å²) < 4.78 is 0. The van der Waals surface area contributed by atoms with Crippen molar-refractivity contribution in [2.75, 3.05) is 0 Å². The van der Waals surface area contributed by atoms with Crippen LogP contribution in [0.5, 0.6) is 0 Å². The fourth-order valence-corrected chi connectivity index (χ4v) is 2.13. The summed E-state index contributed by atoms with van der Waals surface area (Å²) in [7, 11) is 1.86. The molecule has 0 aromatic heterocycles. The molecular formula is C12H16BNO. The van der Waals surface area contributed by atoms with Gasteiger partial charge < -0.3 is 4.81 Å². The monoisotopic (exact) mass is 201 g/mol. The van der Waals surface area contributed by atoms with E-state index in [1.54, 1.807) is 4.81 Å². The molecule has 15 heavy (non-hydrogen) atoms. The Balaban J connectivity index is 2.63. The van der Waals surface area contributed by atoms with Crippen LogP contribution in [-0.4, -0.2) is 18.7 Å². The number of carbonyl (C=O) groups is 1. The number of hydrogen-bond acceptors (Lipinski definition) is 1. The zero-order valence-corrected chi connectivity index (χ0v) is 9.79. The molecule has 0 bridgehead atoms. The fourth-order valence-electron chi connectivity index (χ4n) is 2.13. The number of nitrogens with zero attached hydrogens (tertiary/aromatic N) is 1. The zero-order valence-electron chi connectivity index (χ0n) is 9.79. The summed E-state index contributed by atoms with van der Waals surface area (Å²) in [6.07, 6.45) is 0. The number of benzene rings is 1. The Labute approximate surface area is 91.7 Å². The summed E-state index contributed by atoms with van der Waals surface area (Å²) in [6, 6.07) is 6.16. The lowest BCUT2D eigenvalue weighted by molar-refractivity contribution is 0.0878. The summed E-state index contributed by atoms with van der Waals surface area (Å²) in [6.45, 7) is 7.19. The summed E-state index contributed by atoms with van der Waals surface area (Å²) in [5.74, 6) is 0.163. The van der Waals surface area contributed by atoms with Crippen molar-refractivity contribution in [1.82, 2.24) is 4.81 Å². The highest BCUT2D eigenvalue weighted by Gasteiger charge is 2.30. The van der Waals surface area contributed by atoms with Gasteiger partial charge in [-0.3, -0.25) is 4.79 Å². The minimum atomic E-state index is 0.0339. The molecule has 3 heteroatoms. The summed E-state index contributed by atoms with van der Waals surface area (Å²) in [5, 5.41) is 0. The second kappa shape index (κ2) is 3.12. The molecule has 0 N–H and O–H groups in total. The Hall–Kier alpha value is -1.25. The molecule has 1 heterocycles. The van der Waals surface area contributed by atoms with Crippen LogP contribution >= 0.6 is 0 Å². The molecule has 0 saturated heterocycles. The van der Waals surface area contributed by atoms with Crippen LogP contribution in [0.2, 0.25) is 0 Å². The van der Waals surface area contributed by atoms with Gasteiger partial charge in [-0.1, -0.05) is 39.0 Å². The Morgan fingerprint density at radius 3 is 2.60 bits per heavy atom. The van der Waals surface area contributed by atoms with Gasteiger partial charge in [-0.15, -0.1) is 0 Å². The third kappa shape index (κ3) is 1.56. The predicted octanol–water partition coefficient (Wildman–Crippen LogP) is 1.49.